The standard InChI is InChI=1S/C14H21N3O5S/c1-23(19,20)17-7-6-16-14(18)15-5-4-11-2-3-12-13(10-11)22-9-8-21-12/h2-3,10,17H,4-9H2,1H3,(H2,15,16,18). The molecule has 0 aromatic heterocycles. The highest BCUT2D eigenvalue weighted by molar-refractivity contribution is 7.88. The molecular weight excluding hydrogens is 322 g/mol. The molecule has 0 fully saturated rings. The average molecular weight is 343 g/mol. The number of benzene rings is 1. The maximum Gasteiger partial charge on any atom is 0.314 e. The van der Waals surface area contributed by atoms with Gasteiger partial charge in [0.1, 0.15) is 13.2 Å². The van der Waals surface area contributed by atoms with E-state index in [-0.39, 0.29) is 19.1 Å². The minimum atomic E-state index is -3.23. The van der Waals surface area contributed by atoms with Gasteiger partial charge >= 0.3 is 6.03 Å². The molecule has 23 heavy (non-hydrogen) atoms. The quantitative estimate of drug-likeness (QED) is 0.597. The van der Waals surface area contributed by atoms with Crippen molar-refractivity contribution in [2.24, 2.45) is 0 Å². The SMILES string of the molecule is CS(=O)(=O)NCCNC(=O)NCCc1ccc2c(c1)OCCO2. The number of carbonyl (C=O) groups excluding carboxylic acids is 1. The molecule has 0 radical (unpaired) electrons. The molecule has 0 saturated heterocycles. The summed E-state index contributed by atoms with van der Waals surface area (Å²) < 4.78 is 34.9. The highest BCUT2D eigenvalue weighted by atomic mass is 32.2. The van der Waals surface area contributed by atoms with Crippen LogP contribution < -0.4 is 24.8 Å². The molecule has 1 aromatic carbocycles. The average Bonchev–Trinajstić information content (AvgIpc) is 2.50. The summed E-state index contributed by atoms with van der Waals surface area (Å²) in [5, 5.41) is 5.28. The van der Waals surface area contributed by atoms with Crippen LogP contribution in [0.4, 0.5) is 4.79 Å². The maximum absolute atomic E-state index is 11.5. The zero-order valence-electron chi connectivity index (χ0n) is 12.9. The van der Waals surface area contributed by atoms with E-state index in [9.17, 15) is 13.2 Å². The highest BCUT2D eigenvalue weighted by Crippen LogP contribution is 2.30. The maximum atomic E-state index is 11.5. The number of carbonyl (C=O) groups is 1. The third-order valence-electron chi connectivity index (χ3n) is 3.08. The van der Waals surface area contributed by atoms with Gasteiger partial charge in [0.25, 0.3) is 0 Å². The molecule has 9 heteroatoms. The molecule has 1 aliphatic rings. The van der Waals surface area contributed by atoms with Crippen molar-refractivity contribution in [1.29, 1.82) is 0 Å². The zero-order valence-corrected chi connectivity index (χ0v) is 13.7. The molecule has 0 saturated carbocycles. The van der Waals surface area contributed by atoms with Crippen molar-refractivity contribution in [3.8, 4) is 11.5 Å². The summed E-state index contributed by atoms with van der Waals surface area (Å²) in [6.07, 6.45) is 1.73. The Bertz CT molecular complexity index is 648. The van der Waals surface area contributed by atoms with Gasteiger partial charge in [-0.15, -0.1) is 0 Å². The van der Waals surface area contributed by atoms with Gasteiger partial charge in [0.2, 0.25) is 10.0 Å². The van der Waals surface area contributed by atoms with E-state index < -0.39 is 10.0 Å². The van der Waals surface area contributed by atoms with Crippen LogP contribution >= 0.6 is 0 Å². The third-order valence-corrected chi connectivity index (χ3v) is 3.81. The number of amides is 2. The van der Waals surface area contributed by atoms with Crippen LogP contribution in [0.1, 0.15) is 5.56 Å². The van der Waals surface area contributed by atoms with Gasteiger partial charge in [0.05, 0.1) is 6.26 Å². The Morgan fingerprint density at radius 3 is 2.52 bits per heavy atom. The number of urea groups is 1. The van der Waals surface area contributed by atoms with E-state index in [0.29, 0.717) is 26.2 Å². The van der Waals surface area contributed by atoms with Gasteiger partial charge < -0.3 is 20.1 Å². The molecule has 0 spiro atoms. The molecule has 0 aliphatic carbocycles. The van der Waals surface area contributed by atoms with Gasteiger partial charge in [-0.1, -0.05) is 6.07 Å². The number of rotatable bonds is 7. The van der Waals surface area contributed by atoms with Crippen LogP contribution in [-0.4, -0.2) is 53.6 Å². The number of hydrogen-bond acceptors (Lipinski definition) is 5. The summed E-state index contributed by atoms with van der Waals surface area (Å²) in [5.41, 5.74) is 1.04. The normalized spacial score (nSPS) is 13.4. The number of fused-ring (bicyclic) bond motifs is 1. The van der Waals surface area contributed by atoms with E-state index in [2.05, 4.69) is 15.4 Å². The van der Waals surface area contributed by atoms with Gasteiger partial charge in [-0.25, -0.2) is 17.9 Å². The lowest BCUT2D eigenvalue weighted by Gasteiger charge is -2.18. The molecule has 8 nitrogen and oxygen atoms in total. The summed E-state index contributed by atoms with van der Waals surface area (Å²) in [6, 6.07) is 5.37. The molecule has 2 amide bonds. The van der Waals surface area contributed by atoms with Crippen molar-refractivity contribution in [3.05, 3.63) is 23.8 Å². The Morgan fingerprint density at radius 2 is 1.78 bits per heavy atom. The summed E-state index contributed by atoms with van der Waals surface area (Å²) >= 11 is 0. The summed E-state index contributed by atoms with van der Waals surface area (Å²) in [7, 11) is -3.23. The Kier molecular flexibility index (Phi) is 6.05. The highest BCUT2D eigenvalue weighted by Gasteiger charge is 2.11. The molecule has 128 valence electrons. The second-order valence-electron chi connectivity index (χ2n) is 5.08. The second-order valence-corrected chi connectivity index (χ2v) is 6.91. The Hall–Kier alpha value is -2.00. The van der Waals surface area contributed by atoms with Crippen molar-refractivity contribution in [2.75, 3.05) is 39.1 Å². The van der Waals surface area contributed by atoms with Crippen molar-refractivity contribution in [2.45, 2.75) is 6.42 Å². The van der Waals surface area contributed by atoms with E-state index in [1.807, 2.05) is 18.2 Å². The predicted molar refractivity (Wildman–Crippen MR) is 85.4 cm³/mol. The van der Waals surface area contributed by atoms with Crippen LogP contribution in [-0.2, 0) is 16.4 Å². The topological polar surface area (TPSA) is 106 Å². The first-order valence-electron chi connectivity index (χ1n) is 7.29. The monoisotopic (exact) mass is 343 g/mol. The zero-order chi connectivity index (χ0) is 16.7. The Morgan fingerprint density at radius 1 is 1.09 bits per heavy atom. The lowest BCUT2D eigenvalue weighted by molar-refractivity contribution is 0.171. The molecule has 0 unspecified atom stereocenters. The predicted octanol–water partition coefficient (Wildman–Crippen LogP) is -0.151. The molecular formula is C14H21N3O5S. The van der Waals surface area contributed by atoms with Gasteiger partial charge in [-0.2, -0.15) is 0 Å². The molecule has 3 N–H and O–H groups in total. The first-order valence-corrected chi connectivity index (χ1v) is 9.18. The first kappa shape index (κ1) is 17.4. The summed E-state index contributed by atoms with van der Waals surface area (Å²) in [5.74, 6) is 1.47. The number of nitrogens with one attached hydrogen (secondary N) is 3. The third kappa shape index (κ3) is 6.33. The fraction of sp³-hybridized carbons (Fsp3) is 0.500. The van der Waals surface area contributed by atoms with Crippen LogP contribution in [0.5, 0.6) is 11.5 Å². The van der Waals surface area contributed by atoms with Crippen molar-refractivity contribution >= 4 is 16.1 Å². The van der Waals surface area contributed by atoms with E-state index in [4.69, 9.17) is 9.47 Å². The van der Waals surface area contributed by atoms with Crippen molar-refractivity contribution < 1.29 is 22.7 Å². The van der Waals surface area contributed by atoms with E-state index in [1.165, 1.54) is 0 Å². The van der Waals surface area contributed by atoms with Gasteiger partial charge in [0.15, 0.2) is 11.5 Å². The largest absolute Gasteiger partial charge is 0.486 e. The molecule has 2 rings (SSSR count). The summed E-state index contributed by atoms with van der Waals surface area (Å²) in [4.78, 5) is 11.5. The molecule has 1 aromatic rings. The van der Waals surface area contributed by atoms with Crippen molar-refractivity contribution in [1.82, 2.24) is 15.4 Å². The molecule has 1 aliphatic heterocycles. The van der Waals surface area contributed by atoms with Crippen LogP contribution in [0, 0.1) is 0 Å². The molecule has 0 bridgehead atoms. The van der Waals surface area contributed by atoms with E-state index >= 15 is 0 Å². The van der Waals surface area contributed by atoms with Crippen LogP contribution in [0.2, 0.25) is 0 Å². The minimum absolute atomic E-state index is 0.161. The smallest absolute Gasteiger partial charge is 0.314 e. The van der Waals surface area contributed by atoms with E-state index in [0.717, 1.165) is 23.3 Å². The van der Waals surface area contributed by atoms with Gasteiger partial charge in [0, 0.05) is 19.6 Å². The number of hydrogen-bond donors (Lipinski definition) is 3. The lowest BCUT2D eigenvalue weighted by Crippen LogP contribution is -2.40. The number of sulfonamides is 1. The molecule has 0 atom stereocenters. The fourth-order valence-electron chi connectivity index (χ4n) is 2.04. The van der Waals surface area contributed by atoms with Crippen LogP contribution in [0.3, 0.4) is 0 Å². The lowest BCUT2D eigenvalue weighted by atomic mass is 10.1. The Labute approximate surface area is 135 Å². The van der Waals surface area contributed by atoms with E-state index in [1.54, 1.807) is 0 Å². The number of ether oxygens (including phenoxy) is 2. The van der Waals surface area contributed by atoms with Gasteiger partial charge in [-0.3, -0.25) is 0 Å². The van der Waals surface area contributed by atoms with Crippen LogP contribution in [0.15, 0.2) is 18.2 Å². The summed E-state index contributed by atoms with van der Waals surface area (Å²) in [6.45, 7) is 1.95. The Balaban J connectivity index is 1.65. The molecule has 1 heterocycles. The second kappa shape index (κ2) is 8.02. The minimum Gasteiger partial charge on any atom is -0.486 e. The first-order chi connectivity index (χ1) is 10.9. The van der Waals surface area contributed by atoms with Crippen LogP contribution in [0.25, 0.3) is 0 Å². The van der Waals surface area contributed by atoms with Gasteiger partial charge in [-0.05, 0) is 24.1 Å². The van der Waals surface area contributed by atoms with Crippen molar-refractivity contribution in [3.63, 3.8) is 0 Å². The fourth-order valence-corrected chi connectivity index (χ4v) is 2.51.